The molecule has 0 radical (unpaired) electrons. The van der Waals surface area contributed by atoms with Crippen molar-refractivity contribution in [2.75, 3.05) is 27.4 Å². The number of esters is 5. The van der Waals surface area contributed by atoms with Crippen LogP contribution >= 0.6 is 0 Å². The van der Waals surface area contributed by atoms with Gasteiger partial charge in [0.15, 0.2) is 18.5 Å². The van der Waals surface area contributed by atoms with Crippen molar-refractivity contribution in [1.82, 2.24) is 0 Å². The van der Waals surface area contributed by atoms with Crippen molar-refractivity contribution < 1.29 is 80.8 Å². The zero-order valence-electron chi connectivity index (χ0n) is 36.2. The van der Waals surface area contributed by atoms with Crippen molar-refractivity contribution >= 4 is 29.8 Å². The normalized spacial score (nSPS) is 25.5. The van der Waals surface area contributed by atoms with Gasteiger partial charge in [0.25, 0.3) is 5.79 Å². The number of benzene rings is 3. The quantitative estimate of drug-likeness (QED) is 0.107. The number of hydrogen-bond acceptors (Lipinski definition) is 17. The average molecular weight is 881 g/mol. The molecule has 0 saturated carbocycles. The van der Waals surface area contributed by atoms with Gasteiger partial charge in [-0.2, -0.15) is 0 Å². The molecule has 3 aromatic rings. The highest BCUT2D eigenvalue weighted by atomic mass is 16.8. The van der Waals surface area contributed by atoms with E-state index in [2.05, 4.69) is 0 Å². The summed E-state index contributed by atoms with van der Waals surface area (Å²) in [5.41, 5.74) is 2.50. The molecule has 10 atom stereocenters. The first kappa shape index (κ1) is 48.8. The lowest BCUT2D eigenvalue weighted by atomic mass is 9.91. The summed E-state index contributed by atoms with van der Waals surface area (Å²) in [4.78, 5) is 64.1. The first-order chi connectivity index (χ1) is 30.3. The second-order valence-electron chi connectivity index (χ2n) is 15.0. The van der Waals surface area contributed by atoms with Gasteiger partial charge in [0, 0.05) is 41.2 Å². The predicted molar refractivity (Wildman–Crippen MR) is 219 cm³/mol. The second-order valence-corrected chi connectivity index (χ2v) is 15.0. The maximum atomic E-state index is 14.4. The topological polar surface area (TPSA) is 196 Å². The van der Waals surface area contributed by atoms with E-state index >= 15 is 0 Å². The van der Waals surface area contributed by atoms with E-state index in [1.807, 2.05) is 91.0 Å². The van der Waals surface area contributed by atoms with Gasteiger partial charge in [-0.3, -0.25) is 19.2 Å². The van der Waals surface area contributed by atoms with Crippen LogP contribution in [0.1, 0.15) is 57.2 Å². The van der Waals surface area contributed by atoms with Crippen LogP contribution in [0.25, 0.3) is 0 Å². The first-order valence-electron chi connectivity index (χ1n) is 20.5. The van der Waals surface area contributed by atoms with Gasteiger partial charge in [0.1, 0.15) is 43.2 Å². The Bertz CT molecular complexity index is 1910. The van der Waals surface area contributed by atoms with Crippen molar-refractivity contribution in [1.29, 1.82) is 0 Å². The molecule has 17 nitrogen and oxygen atoms in total. The van der Waals surface area contributed by atoms with E-state index in [1.54, 1.807) is 0 Å². The summed E-state index contributed by atoms with van der Waals surface area (Å²) in [6.45, 7) is 4.24. The van der Waals surface area contributed by atoms with E-state index in [9.17, 15) is 24.0 Å². The summed E-state index contributed by atoms with van der Waals surface area (Å²) in [6.07, 6.45) is -11.9. The Morgan fingerprint density at radius 3 is 1.75 bits per heavy atom. The minimum atomic E-state index is -2.48. The third-order valence-corrected chi connectivity index (χ3v) is 10.1. The number of hydrogen-bond donors (Lipinski definition) is 0. The van der Waals surface area contributed by atoms with Crippen LogP contribution in [-0.4, -0.2) is 118 Å². The smallest absolute Gasteiger partial charge is 0.366 e. The lowest BCUT2D eigenvalue weighted by molar-refractivity contribution is -0.375. The molecule has 5 rings (SSSR count). The number of ether oxygens (including phenoxy) is 12. The molecule has 17 heteroatoms. The Kier molecular flexibility index (Phi) is 18.6. The second kappa shape index (κ2) is 24.0. The fourth-order valence-corrected chi connectivity index (χ4v) is 7.45. The van der Waals surface area contributed by atoms with Gasteiger partial charge in [-0.1, -0.05) is 91.0 Å². The van der Waals surface area contributed by atoms with Crippen LogP contribution in [0, 0.1) is 0 Å². The summed E-state index contributed by atoms with van der Waals surface area (Å²) in [7, 11) is 2.54. The average Bonchev–Trinajstić information content (AvgIpc) is 3.26. The Labute approximate surface area is 366 Å². The van der Waals surface area contributed by atoms with Crippen LogP contribution in [0.2, 0.25) is 0 Å². The van der Waals surface area contributed by atoms with Gasteiger partial charge >= 0.3 is 29.8 Å². The third-order valence-electron chi connectivity index (χ3n) is 10.1. The van der Waals surface area contributed by atoms with Crippen LogP contribution < -0.4 is 0 Å². The molecule has 2 heterocycles. The summed E-state index contributed by atoms with van der Waals surface area (Å²) in [5, 5.41) is 0. The number of methoxy groups -OCH3 is 2. The Morgan fingerprint density at radius 1 is 0.683 bits per heavy atom. The molecule has 342 valence electrons. The highest BCUT2D eigenvalue weighted by Crippen LogP contribution is 2.41. The first-order valence-corrected chi connectivity index (χ1v) is 20.5. The van der Waals surface area contributed by atoms with Crippen molar-refractivity contribution in [2.24, 2.45) is 0 Å². The van der Waals surface area contributed by atoms with Crippen molar-refractivity contribution in [3.05, 3.63) is 108 Å². The van der Waals surface area contributed by atoms with Crippen molar-refractivity contribution in [3.8, 4) is 0 Å². The number of rotatable bonds is 21. The Morgan fingerprint density at radius 2 is 1.24 bits per heavy atom. The molecule has 2 aliphatic heterocycles. The fourth-order valence-electron chi connectivity index (χ4n) is 7.45. The fraction of sp³-hybridized carbons (Fsp3) is 0.500. The number of carbonyl (C=O) groups excluding carboxylic acids is 5. The van der Waals surface area contributed by atoms with Crippen LogP contribution in [-0.2, 0) is 101 Å². The van der Waals surface area contributed by atoms with E-state index in [0.29, 0.717) is 0 Å². The molecule has 0 spiro atoms. The maximum absolute atomic E-state index is 14.4. The lowest BCUT2D eigenvalue weighted by Gasteiger charge is -2.50. The van der Waals surface area contributed by atoms with Gasteiger partial charge < -0.3 is 56.8 Å². The molecule has 0 unspecified atom stereocenters. The zero-order valence-corrected chi connectivity index (χ0v) is 36.2. The van der Waals surface area contributed by atoms with Crippen LogP contribution in [0.4, 0.5) is 0 Å². The SMILES string of the molecule is COC(=O)[C@@]1(O[C@H]2[C@@H](OCc3ccccc3)[C@@H](COCc3ccccc3)O[C@@H](OC)[C@@H]2OCc2ccccc2)C[C@H](OC(C)=O)C[C@H]([C@H](OC(C)=O)[C@@H](COC(C)=O)OC(C)=O)O1. The minimum absolute atomic E-state index is 0.0364. The highest BCUT2D eigenvalue weighted by molar-refractivity contribution is 5.78. The summed E-state index contributed by atoms with van der Waals surface area (Å²) in [6, 6.07) is 28.2. The molecule has 3 aromatic carbocycles. The van der Waals surface area contributed by atoms with Gasteiger partial charge in [0.2, 0.25) is 0 Å². The summed E-state index contributed by atoms with van der Waals surface area (Å²) in [5.74, 6) is -6.63. The third kappa shape index (κ3) is 14.4. The van der Waals surface area contributed by atoms with Gasteiger partial charge in [-0.05, 0) is 16.7 Å². The van der Waals surface area contributed by atoms with E-state index in [-0.39, 0.29) is 32.8 Å². The van der Waals surface area contributed by atoms with Crippen LogP contribution in [0.3, 0.4) is 0 Å². The Hall–Kier alpha value is -5.27. The molecule has 0 bridgehead atoms. The number of carbonyl (C=O) groups is 5. The van der Waals surface area contributed by atoms with Crippen molar-refractivity contribution in [3.63, 3.8) is 0 Å². The van der Waals surface area contributed by atoms with Crippen LogP contribution in [0.5, 0.6) is 0 Å². The largest absolute Gasteiger partial charge is 0.465 e. The molecule has 0 amide bonds. The van der Waals surface area contributed by atoms with Gasteiger partial charge in [0.05, 0.1) is 40.0 Å². The molecule has 63 heavy (non-hydrogen) atoms. The van der Waals surface area contributed by atoms with E-state index in [0.717, 1.165) is 44.6 Å². The molecule has 2 saturated heterocycles. The molecule has 0 aromatic heterocycles. The molecule has 2 fully saturated rings. The highest BCUT2D eigenvalue weighted by Gasteiger charge is 2.59. The van der Waals surface area contributed by atoms with E-state index in [4.69, 9.17) is 56.8 Å². The van der Waals surface area contributed by atoms with Crippen LogP contribution in [0.15, 0.2) is 91.0 Å². The van der Waals surface area contributed by atoms with E-state index < -0.39 is 104 Å². The molecular weight excluding hydrogens is 824 g/mol. The monoisotopic (exact) mass is 880 g/mol. The Balaban J connectivity index is 1.63. The van der Waals surface area contributed by atoms with Gasteiger partial charge in [-0.25, -0.2) is 4.79 Å². The molecular formula is C46H56O17. The van der Waals surface area contributed by atoms with E-state index in [1.165, 1.54) is 14.0 Å². The zero-order chi connectivity index (χ0) is 45.4. The van der Waals surface area contributed by atoms with Crippen molar-refractivity contribution in [2.45, 2.75) is 121 Å². The molecule has 0 N–H and O–H groups in total. The molecule has 2 aliphatic rings. The maximum Gasteiger partial charge on any atom is 0.366 e. The molecule has 0 aliphatic carbocycles. The lowest BCUT2D eigenvalue weighted by Crippen LogP contribution is -2.67. The predicted octanol–water partition coefficient (Wildman–Crippen LogP) is 4.54. The standard InChI is InChI=1S/C46H56O17/c1-29(47)55-28-39(59-31(3)49)40(60-32(4)50)37-22-36(58-30(2)48)23-46(62-37,45(51)53-6)63-42-41(56-25-34-18-12-8-13-19-34)38(27-54-24-33-16-10-7-11-17-33)61-44(52-5)43(42)57-26-35-20-14-9-15-21-35/h7-21,36-44H,22-28H2,1-6H3/t36-,37-,38-,39-,40+,41+,42+,43-,44-,46+/m1/s1. The minimum Gasteiger partial charge on any atom is -0.465 e. The summed E-state index contributed by atoms with van der Waals surface area (Å²) < 4.78 is 73.0. The summed E-state index contributed by atoms with van der Waals surface area (Å²) >= 11 is 0. The van der Waals surface area contributed by atoms with Gasteiger partial charge in [-0.15, -0.1) is 0 Å².